The van der Waals surface area contributed by atoms with Gasteiger partial charge in [0, 0.05) is 32.0 Å². The van der Waals surface area contributed by atoms with E-state index in [1.165, 1.54) is 19.1 Å². The molecule has 2 aliphatic heterocycles. The van der Waals surface area contributed by atoms with Crippen molar-refractivity contribution in [1.29, 1.82) is 0 Å². The molecule has 2 saturated heterocycles. The lowest BCUT2D eigenvalue weighted by Crippen LogP contribution is -2.33. The number of hydrogen-bond donors (Lipinski definition) is 0. The molecule has 0 spiro atoms. The van der Waals surface area contributed by atoms with Gasteiger partial charge in [0.2, 0.25) is 10.0 Å². The minimum Gasteiger partial charge on any atom is -0.355 e. The van der Waals surface area contributed by atoms with Gasteiger partial charge in [-0.15, -0.1) is 0 Å². The van der Waals surface area contributed by atoms with Crippen LogP contribution in [0, 0.1) is 0 Å². The minimum atomic E-state index is -3.21. The molecule has 122 valence electrons. The molecule has 3 heterocycles. The van der Waals surface area contributed by atoms with Gasteiger partial charge in [0.05, 0.1) is 12.3 Å². The molecule has 3 rings (SSSR count). The largest absolute Gasteiger partial charge is 0.355 e. The Bertz CT molecular complexity index is 612. The van der Waals surface area contributed by atoms with E-state index >= 15 is 0 Å². The van der Waals surface area contributed by atoms with Crippen molar-refractivity contribution in [1.82, 2.24) is 14.3 Å². The first-order valence-electron chi connectivity index (χ1n) is 8.10. The van der Waals surface area contributed by atoms with Crippen LogP contribution in [0.3, 0.4) is 0 Å². The predicted octanol–water partition coefficient (Wildman–Crippen LogP) is 1.95. The van der Waals surface area contributed by atoms with Crippen molar-refractivity contribution in [2.45, 2.75) is 44.6 Å². The zero-order chi connectivity index (χ0) is 15.6. The van der Waals surface area contributed by atoms with Gasteiger partial charge in [0.25, 0.3) is 0 Å². The quantitative estimate of drug-likeness (QED) is 0.850. The van der Waals surface area contributed by atoms with E-state index in [4.69, 9.17) is 0 Å². The van der Waals surface area contributed by atoms with Gasteiger partial charge in [-0.25, -0.2) is 13.4 Å². The first-order valence-corrected chi connectivity index (χ1v) is 9.95. The number of rotatable bonds is 3. The number of anilines is 1. The Morgan fingerprint density at radius 3 is 2.36 bits per heavy atom. The van der Waals surface area contributed by atoms with E-state index in [9.17, 15) is 8.42 Å². The number of nitrogens with zero attached hydrogens (tertiary/aromatic N) is 4. The van der Waals surface area contributed by atoms with Crippen LogP contribution in [0.15, 0.2) is 12.4 Å². The fourth-order valence-electron chi connectivity index (χ4n) is 3.51. The van der Waals surface area contributed by atoms with E-state index in [0.717, 1.165) is 50.3 Å². The van der Waals surface area contributed by atoms with Crippen LogP contribution in [-0.2, 0) is 10.0 Å². The number of hydrogen-bond acceptors (Lipinski definition) is 5. The van der Waals surface area contributed by atoms with Crippen LogP contribution < -0.4 is 4.90 Å². The molecule has 0 radical (unpaired) electrons. The van der Waals surface area contributed by atoms with E-state index in [0.29, 0.717) is 6.54 Å². The fourth-order valence-corrected chi connectivity index (χ4v) is 4.64. The maximum atomic E-state index is 12.0. The molecular weight excluding hydrogens is 300 g/mol. The highest BCUT2D eigenvalue weighted by atomic mass is 32.2. The van der Waals surface area contributed by atoms with Crippen LogP contribution in [0.1, 0.15) is 50.3 Å². The maximum Gasteiger partial charge on any atom is 0.211 e. The molecule has 7 heteroatoms. The van der Waals surface area contributed by atoms with Crippen LogP contribution >= 0.6 is 0 Å². The highest BCUT2D eigenvalue weighted by molar-refractivity contribution is 7.88. The van der Waals surface area contributed by atoms with Crippen molar-refractivity contribution in [3.05, 3.63) is 18.1 Å². The summed E-state index contributed by atoms with van der Waals surface area (Å²) in [5.74, 6) is 0.880. The Morgan fingerprint density at radius 2 is 1.68 bits per heavy atom. The van der Waals surface area contributed by atoms with E-state index in [1.807, 2.05) is 0 Å². The lowest BCUT2D eigenvalue weighted by Gasteiger charge is -2.28. The Morgan fingerprint density at radius 1 is 1.00 bits per heavy atom. The molecule has 0 saturated carbocycles. The molecule has 0 amide bonds. The molecular formula is C15H24N4O2S. The van der Waals surface area contributed by atoms with Crippen molar-refractivity contribution in [2.75, 3.05) is 30.8 Å². The minimum absolute atomic E-state index is 0.165. The third-order valence-electron chi connectivity index (χ3n) is 4.56. The molecule has 0 unspecified atom stereocenters. The first kappa shape index (κ1) is 15.7. The summed E-state index contributed by atoms with van der Waals surface area (Å²) in [6, 6.07) is -0.165. The lowest BCUT2D eigenvalue weighted by molar-refractivity contribution is 0.393. The molecule has 1 aromatic heterocycles. The first-order chi connectivity index (χ1) is 10.6. The van der Waals surface area contributed by atoms with Crippen molar-refractivity contribution < 1.29 is 8.42 Å². The zero-order valence-corrected chi connectivity index (χ0v) is 13.9. The zero-order valence-electron chi connectivity index (χ0n) is 13.1. The van der Waals surface area contributed by atoms with Crippen LogP contribution in [-0.4, -0.2) is 48.6 Å². The van der Waals surface area contributed by atoms with Gasteiger partial charge in [-0.05, 0) is 25.7 Å². The van der Waals surface area contributed by atoms with Crippen molar-refractivity contribution in [2.24, 2.45) is 0 Å². The molecule has 1 aromatic rings. The SMILES string of the molecule is CS(=O)(=O)N1CCC[C@@H]1c1nccnc1N1CCCCCC1. The second-order valence-corrected chi connectivity index (χ2v) is 8.13. The van der Waals surface area contributed by atoms with Crippen molar-refractivity contribution in [3.8, 4) is 0 Å². The normalized spacial score (nSPS) is 24.4. The molecule has 1 atom stereocenters. The van der Waals surface area contributed by atoms with E-state index < -0.39 is 10.0 Å². The topological polar surface area (TPSA) is 66.4 Å². The Balaban J connectivity index is 1.93. The molecule has 0 aliphatic carbocycles. The molecule has 2 fully saturated rings. The highest BCUT2D eigenvalue weighted by Crippen LogP contribution is 2.36. The van der Waals surface area contributed by atoms with Crippen molar-refractivity contribution >= 4 is 15.8 Å². The van der Waals surface area contributed by atoms with Gasteiger partial charge in [-0.3, -0.25) is 4.98 Å². The van der Waals surface area contributed by atoms with E-state index in [2.05, 4.69) is 14.9 Å². The Hall–Kier alpha value is -1.21. The van der Waals surface area contributed by atoms with Crippen LogP contribution in [0.2, 0.25) is 0 Å². The van der Waals surface area contributed by atoms with Gasteiger partial charge >= 0.3 is 0 Å². The number of aromatic nitrogens is 2. The average Bonchev–Trinajstić information content (AvgIpc) is 2.84. The van der Waals surface area contributed by atoms with Crippen LogP contribution in [0.5, 0.6) is 0 Å². The Labute approximate surface area is 132 Å². The predicted molar refractivity (Wildman–Crippen MR) is 86.2 cm³/mol. The van der Waals surface area contributed by atoms with Gasteiger partial charge in [-0.2, -0.15) is 4.31 Å². The fraction of sp³-hybridized carbons (Fsp3) is 0.733. The monoisotopic (exact) mass is 324 g/mol. The standard InChI is InChI=1S/C15H24N4O2S/c1-22(20,21)19-12-6-7-13(19)14-15(17-9-8-16-14)18-10-4-2-3-5-11-18/h8-9,13H,2-7,10-12H2,1H3/t13-/m1/s1. The molecule has 0 bridgehead atoms. The molecule has 0 N–H and O–H groups in total. The summed E-state index contributed by atoms with van der Waals surface area (Å²) in [6.07, 6.45) is 11.2. The lowest BCUT2D eigenvalue weighted by atomic mass is 10.1. The molecule has 0 aromatic carbocycles. The van der Waals surface area contributed by atoms with Crippen LogP contribution in [0.25, 0.3) is 0 Å². The summed E-state index contributed by atoms with van der Waals surface area (Å²) >= 11 is 0. The molecule has 22 heavy (non-hydrogen) atoms. The van der Waals surface area contributed by atoms with Gasteiger partial charge in [0.1, 0.15) is 5.69 Å². The summed E-state index contributed by atoms with van der Waals surface area (Å²) < 4.78 is 25.6. The third kappa shape index (κ3) is 3.25. The highest BCUT2D eigenvalue weighted by Gasteiger charge is 2.36. The number of sulfonamides is 1. The summed E-state index contributed by atoms with van der Waals surface area (Å²) in [5, 5.41) is 0. The second kappa shape index (κ2) is 6.50. The maximum absolute atomic E-state index is 12.0. The summed E-state index contributed by atoms with van der Waals surface area (Å²) in [6.45, 7) is 2.55. The van der Waals surface area contributed by atoms with E-state index in [1.54, 1.807) is 16.7 Å². The van der Waals surface area contributed by atoms with E-state index in [-0.39, 0.29) is 6.04 Å². The van der Waals surface area contributed by atoms with Crippen LogP contribution in [0.4, 0.5) is 5.82 Å². The van der Waals surface area contributed by atoms with Gasteiger partial charge in [0.15, 0.2) is 5.82 Å². The van der Waals surface area contributed by atoms with Gasteiger partial charge in [-0.1, -0.05) is 12.8 Å². The second-order valence-electron chi connectivity index (χ2n) is 6.20. The third-order valence-corrected chi connectivity index (χ3v) is 5.85. The Kier molecular flexibility index (Phi) is 4.63. The average molecular weight is 324 g/mol. The van der Waals surface area contributed by atoms with Crippen molar-refractivity contribution in [3.63, 3.8) is 0 Å². The summed E-state index contributed by atoms with van der Waals surface area (Å²) in [4.78, 5) is 11.4. The smallest absolute Gasteiger partial charge is 0.211 e. The van der Waals surface area contributed by atoms with Gasteiger partial charge < -0.3 is 4.90 Å². The molecule has 2 aliphatic rings. The molecule has 6 nitrogen and oxygen atoms in total. The summed E-state index contributed by atoms with van der Waals surface area (Å²) in [7, 11) is -3.21. The summed E-state index contributed by atoms with van der Waals surface area (Å²) in [5.41, 5.74) is 0.826.